The molecule has 0 aromatic carbocycles. The van der Waals surface area contributed by atoms with Crippen LogP contribution < -0.4 is 11.1 Å². The van der Waals surface area contributed by atoms with Gasteiger partial charge in [-0.05, 0) is 19.3 Å². The molecule has 0 radical (unpaired) electrons. The van der Waals surface area contributed by atoms with Crippen molar-refractivity contribution in [2.45, 2.75) is 58.0 Å². The van der Waals surface area contributed by atoms with E-state index < -0.39 is 0 Å². The van der Waals surface area contributed by atoms with Crippen LogP contribution in [-0.4, -0.2) is 41.9 Å². The van der Waals surface area contributed by atoms with Gasteiger partial charge in [0.2, 0.25) is 11.8 Å². The molecule has 0 spiro atoms. The zero-order chi connectivity index (χ0) is 13.5. The zero-order valence-electron chi connectivity index (χ0n) is 11.4. The molecular formula is C13H25N3O2. The van der Waals surface area contributed by atoms with E-state index in [1.54, 1.807) is 0 Å². The number of amides is 2. The highest BCUT2D eigenvalue weighted by Gasteiger charge is 2.26. The van der Waals surface area contributed by atoms with Gasteiger partial charge in [0.25, 0.3) is 0 Å². The quantitative estimate of drug-likeness (QED) is 0.756. The highest BCUT2D eigenvalue weighted by Crippen LogP contribution is 2.12. The van der Waals surface area contributed by atoms with Crippen molar-refractivity contribution in [3.8, 4) is 0 Å². The van der Waals surface area contributed by atoms with E-state index in [-0.39, 0.29) is 23.9 Å². The molecule has 0 unspecified atom stereocenters. The number of piperidine rings is 1. The Hall–Kier alpha value is -1.10. The van der Waals surface area contributed by atoms with E-state index in [1.807, 2.05) is 18.7 Å². The first-order valence-corrected chi connectivity index (χ1v) is 6.92. The molecule has 3 N–H and O–H groups in total. The average molecular weight is 255 g/mol. The van der Waals surface area contributed by atoms with Crippen LogP contribution in [0.3, 0.4) is 0 Å². The summed E-state index contributed by atoms with van der Waals surface area (Å²) in [4.78, 5) is 25.1. The second-order valence-corrected chi connectivity index (χ2v) is 4.92. The lowest BCUT2D eigenvalue weighted by Gasteiger charge is -2.33. The third kappa shape index (κ3) is 4.29. The second-order valence-electron chi connectivity index (χ2n) is 4.92. The molecule has 1 rings (SSSR count). The lowest BCUT2D eigenvalue weighted by Crippen LogP contribution is -2.50. The van der Waals surface area contributed by atoms with E-state index in [4.69, 9.17) is 5.73 Å². The Labute approximate surface area is 109 Å². The van der Waals surface area contributed by atoms with Crippen LogP contribution in [0, 0.1) is 0 Å². The molecule has 5 nitrogen and oxygen atoms in total. The molecule has 0 saturated carbocycles. The molecule has 1 fully saturated rings. The number of nitrogens with two attached hydrogens (primary N) is 1. The molecule has 1 saturated heterocycles. The molecular weight excluding hydrogens is 230 g/mol. The van der Waals surface area contributed by atoms with Crippen LogP contribution in [0.1, 0.15) is 46.0 Å². The minimum absolute atomic E-state index is 0.0529. The van der Waals surface area contributed by atoms with Crippen LogP contribution in [0.15, 0.2) is 0 Å². The van der Waals surface area contributed by atoms with Crippen molar-refractivity contribution >= 4 is 11.8 Å². The van der Waals surface area contributed by atoms with Crippen molar-refractivity contribution in [1.82, 2.24) is 10.2 Å². The van der Waals surface area contributed by atoms with Crippen molar-refractivity contribution in [3.63, 3.8) is 0 Å². The number of hydrogen-bond acceptors (Lipinski definition) is 3. The first kappa shape index (κ1) is 15.0. The Morgan fingerprint density at radius 3 is 2.44 bits per heavy atom. The number of hydrogen-bond donors (Lipinski definition) is 2. The summed E-state index contributed by atoms with van der Waals surface area (Å²) in [6.07, 6.45) is 3.84. The summed E-state index contributed by atoms with van der Waals surface area (Å²) in [6, 6.07) is -0.152. The molecule has 1 aliphatic rings. The Morgan fingerprint density at radius 2 is 1.94 bits per heavy atom. The Bertz CT molecular complexity index is 286. The third-order valence-corrected chi connectivity index (χ3v) is 3.41. The standard InChI is InChI=1S/C13H25N3O2/c1-3-5-11(14)13(18)16-8-6-10(7-9-16)15-12(17)4-2/h10-11H,3-9,14H2,1-2H3,(H,15,17)/t11-/m0/s1. The maximum absolute atomic E-state index is 12.0. The second kappa shape index (κ2) is 7.36. The van der Waals surface area contributed by atoms with Gasteiger partial charge in [-0.1, -0.05) is 20.3 Å². The Morgan fingerprint density at radius 1 is 1.33 bits per heavy atom. The molecule has 18 heavy (non-hydrogen) atoms. The molecule has 1 atom stereocenters. The summed E-state index contributed by atoms with van der Waals surface area (Å²) in [6.45, 7) is 5.27. The minimum Gasteiger partial charge on any atom is -0.353 e. The Kier molecular flexibility index (Phi) is 6.12. The number of rotatable bonds is 5. The number of likely N-dealkylation sites (tertiary alicyclic amines) is 1. The zero-order valence-corrected chi connectivity index (χ0v) is 11.4. The normalized spacial score (nSPS) is 18.5. The van der Waals surface area contributed by atoms with Gasteiger partial charge in [-0.15, -0.1) is 0 Å². The van der Waals surface area contributed by atoms with Crippen LogP contribution in [0.2, 0.25) is 0 Å². The van der Waals surface area contributed by atoms with Gasteiger partial charge in [0.1, 0.15) is 0 Å². The van der Waals surface area contributed by atoms with E-state index in [2.05, 4.69) is 5.32 Å². The number of carbonyl (C=O) groups is 2. The number of carbonyl (C=O) groups excluding carboxylic acids is 2. The fraction of sp³-hybridized carbons (Fsp3) is 0.846. The maximum atomic E-state index is 12.0. The average Bonchev–Trinajstić information content (AvgIpc) is 2.39. The van der Waals surface area contributed by atoms with Crippen LogP contribution in [-0.2, 0) is 9.59 Å². The molecule has 1 aliphatic heterocycles. The molecule has 5 heteroatoms. The largest absolute Gasteiger partial charge is 0.353 e. The van der Waals surface area contributed by atoms with Gasteiger partial charge < -0.3 is 16.0 Å². The summed E-state index contributed by atoms with van der Waals surface area (Å²) in [5.41, 5.74) is 5.83. The molecule has 0 bridgehead atoms. The predicted molar refractivity (Wildman–Crippen MR) is 70.9 cm³/mol. The molecule has 2 amide bonds. The summed E-state index contributed by atoms with van der Waals surface area (Å²) < 4.78 is 0. The molecule has 1 heterocycles. The summed E-state index contributed by atoms with van der Waals surface area (Å²) in [5.74, 6) is 0.138. The third-order valence-electron chi connectivity index (χ3n) is 3.41. The molecule has 104 valence electrons. The van der Waals surface area contributed by atoms with Gasteiger partial charge in [-0.3, -0.25) is 9.59 Å². The van der Waals surface area contributed by atoms with Crippen molar-refractivity contribution in [2.24, 2.45) is 5.73 Å². The van der Waals surface area contributed by atoms with Gasteiger partial charge >= 0.3 is 0 Å². The van der Waals surface area contributed by atoms with Gasteiger partial charge in [-0.25, -0.2) is 0 Å². The van der Waals surface area contributed by atoms with Gasteiger partial charge in [0.05, 0.1) is 6.04 Å². The van der Waals surface area contributed by atoms with E-state index >= 15 is 0 Å². The summed E-state index contributed by atoms with van der Waals surface area (Å²) >= 11 is 0. The highest BCUT2D eigenvalue weighted by atomic mass is 16.2. The monoisotopic (exact) mass is 255 g/mol. The van der Waals surface area contributed by atoms with Crippen LogP contribution >= 0.6 is 0 Å². The van der Waals surface area contributed by atoms with E-state index in [0.29, 0.717) is 19.5 Å². The van der Waals surface area contributed by atoms with Gasteiger partial charge in [0.15, 0.2) is 0 Å². The topological polar surface area (TPSA) is 75.4 Å². The van der Waals surface area contributed by atoms with Crippen molar-refractivity contribution in [1.29, 1.82) is 0 Å². The van der Waals surface area contributed by atoms with Crippen molar-refractivity contribution in [2.75, 3.05) is 13.1 Å². The van der Waals surface area contributed by atoms with Crippen molar-refractivity contribution < 1.29 is 9.59 Å². The summed E-state index contributed by atoms with van der Waals surface area (Å²) in [5, 5.41) is 2.97. The Balaban J connectivity index is 2.34. The van der Waals surface area contributed by atoms with Crippen LogP contribution in [0.4, 0.5) is 0 Å². The number of nitrogens with one attached hydrogen (secondary N) is 1. The first-order valence-electron chi connectivity index (χ1n) is 6.92. The van der Waals surface area contributed by atoms with Crippen molar-refractivity contribution in [3.05, 3.63) is 0 Å². The molecule has 0 aromatic heterocycles. The fourth-order valence-corrected chi connectivity index (χ4v) is 2.24. The molecule has 0 aromatic rings. The highest BCUT2D eigenvalue weighted by molar-refractivity contribution is 5.81. The SMILES string of the molecule is CCC[C@H](N)C(=O)N1CCC(NC(=O)CC)CC1. The van der Waals surface area contributed by atoms with Gasteiger partial charge in [0, 0.05) is 25.6 Å². The lowest BCUT2D eigenvalue weighted by molar-refractivity contribution is -0.134. The minimum atomic E-state index is -0.364. The lowest BCUT2D eigenvalue weighted by atomic mass is 10.0. The fourth-order valence-electron chi connectivity index (χ4n) is 2.24. The van der Waals surface area contributed by atoms with Crippen LogP contribution in [0.25, 0.3) is 0 Å². The van der Waals surface area contributed by atoms with E-state index in [1.165, 1.54) is 0 Å². The molecule has 0 aliphatic carbocycles. The summed E-state index contributed by atoms with van der Waals surface area (Å²) in [7, 11) is 0. The predicted octanol–water partition coefficient (Wildman–Crippen LogP) is 0.631. The van der Waals surface area contributed by atoms with Crippen LogP contribution in [0.5, 0.6) is 0 Å². The smallest absolute Gasteiger partial charge is 0.239 e. The van der Waals surface area contributed by atoms with E-state index in [0.717, 1.165) is 25.7 Å². The maximum Gasteiger partial charge on any atom is 0.239 e. The number of nitrogens with zero attached hydrogens (tertiary/aromatic N) is 1. The first-order chi connectivity index (χ1) is 8.58. The van der Waals surface area contributed by atoms with E-state index in [9.17, 15) is 9.59 Å². The van der Waals surface area contributed by atoms with Gasteiger partial charge in [-0.2, -0.15) is 0 Å².